The zero-order valence-corrected chi connectivity index (χ0v) is 11.1. The third-order valence-corrected chi connectivity index (χ3v) is 2.99. The van der Waals surface area contributed by atoms with Crippen LogP contribution in [0.15, 0.2) is 28.7 Å². The van der Waals surface area contributed by atoms with Crippen molar-refractivity contribution in [2.24, 2.45) is 0 Å². The van der Waals surface area contributed by atoms with E-state index in [1.807, 2.05) is 38.1 Å². The number of nitrogens with one attached hydrogen (secondary N) is 1. The standard InChI is InChI=1S/C12H16BrNO2/c1-12(2)14-10(8-16-12)7-15-11-5-3-9(13)4-6-11/h3-6,10,14H,7-8H2,1-2H3/t10-/m1/s1. The summed E-state index contributed by atoms with van der Waals surface area (Å²) in [6, 6.07) is 8.10. The zero-order valence-electron chi connectivity index (χ0n) is 9.50. The van der Waals surface area contributed by atoms with Gasteiger partial charge in [0.15, 0.2) is 0 Å². The molecule has 1 heterocycles. The molecular formula is C12H16BrNO2. The molecule has 1 atom stereocenters. The van der Waals surface area contributed by atoms with Gasteiger partial charge in [0.2, 0.25) is 0 Å². The molecule has 88 valence electrons. The lowest BCUT2D eigenvalue weighted by Gasteiger charge is -2.18. The molecule has 1 aromatic rings. The van der Waals surface area contributed by atoms with Crippen LogP contribution in [0.3, 0.4) is 0 Å². The second-order valence-corrected chi connectivity index (χ2v) is 5.34. The van der Waals surface area contributed by atoms with Gasteiger partial charge < -0.3 is 9.47 Å². The van der Waals surface area contributed by atoms with E-state index in [0.29, 0.717) is 13.2 Å². The average molecular weight is 286 g/mol. The van der Waals surface area contributed by atoms with Gasteiger partial charge in [0.05, 0.1) is 12.6 Å². The van der Waals surface area contributed by atoms with Crippen molar-refractivity contribution in [2.45, 2.75) is 25.6 Å². The smallest absolute Gasteiger partial charge is 0.119 e. The van der Waals surface area contributed by atoms with E-state index < -0.39 is 0 Å². The Morgan fingerprint density at radius 3 is 2.69 bits per heavy atom. The summed E-state index contributed by atoms with van der Waals surface area (Å²) in [7, 11) is 0. The Kier molecular flexibility index (Phi) is 3.52. The van der Waals surface area contributed by atoms with E-state index in [1.54, 1.807) is 0 Å². The van der Waals surface area contributed by atoms with Gasteiger partial charge in [-0.2, -0.15) is 0 Å². The van der Waals surface area contributed by atoms with Gasteiger partial charge in [-0.1, -0.05) is 15.9 Å². The number of halogens is 1. The van der Waals surface area contributed by atoms with E-state index in [4.69, 9.17) is 9.47 Å². The van der Waals surface area contributed by atoms with Crippen LogP contribution in [0.1, 0.15) is 13.8 Å². The molecule has 0 radical (unpaired) electrons. The molecule has 1 fully saturated rings. The maximum atomic E-state index is 5.67. The van der Waals surface area contributed by atoms with Crippen molar-refractivity contribution in [3.63, 3.8) is 0 Å². The first-order chi connectivity index (χ1) is 7.55. The molecule has 4 heteroatoms. The van der Waals surface area contributed by atoms with Crippen molar-refractivity contribution in [1.29, 1.82) is 0 Å². The first-order valence-electron chi connectivity index (χ1n) is 5.35. The van der Waals surface area contributed by atoms with Gasteiger partial charge >= 0.3 is 0 Å². The number of hydrogen-bond donors (Lipinski definition) is 1. The first-order valence-corrected chi connectivity index (χ1v) is 6.14. The molecule has 0 aliphatic carbocycles. The van der Waals surface area contributed by atoms with Gasteiger partial charge in [0.25, 0.3) is 0 Å². The normalized spacial score (nSPS) is 23.3. The maximum absolute atomic E-state index is 5.67. The molecule has 16 heavy (non-hydrogen) atoms. The molecule has 3 nitrogen and oxygen atoms in total. The van der Waals surface area contributed by atoms with E-state index in [-0.39, 0.29) is 11.8 Å². The molecule has 1 saturated heterocycles. The number of benzene rings is 1. The van der Waals surface area contributed by atoms with E-state index in [0.717, 1.165) is 10.2 Å². The summed E-state index contributed by atoms with van der Waals surface area (Å²) in [5.74, 6) is 0.884. The molecule has 0 amide bonds. The molecule has 1 aliphatic rings. The summed E-state index contributed by atoms with van der Waals surface area (Å²) < 4.78 is 12.3. The van der Waals surface area contributed by atoms with Crippen molar-refractivity contribution in [1.82, 2.24) is 5.32 Å². The predicted molar refractivity (Wildman–Crippen MR) is 66.6 cm³/mol. The second kappa shape index (κ2) is 4.73. The van der Waals surface area contributed by atoms with Crippen LogP contribution < -0.4 is 10.1 Å². The molecule has 1 N–H and O–H groups in total. The first kappa shape index (κ1) is 11.9. The molecule has 0 spiro atoms. The lowest BCUT2D eigenvalue weighted by molar-refractivity contribution is 0.0230. The lowest BCUT2D eigenvalue weighted by atomic mass is 10.3. The fourth-order valence-electron chi connectivity index (χ4n) is 1.70. The van der Waals surface area contributed by atoms with Crippen LogP contribution in [-0.4, -0.2) is 25.0 Å². The van der Waals surface area contributed by atoms with E-state index in [2.05, 4.69) is 21.2 Å². The van der Waals surface area contributed by atoms with Crippen molar-refractivity contribution >= 4 is 15.9 Å². The minimum atomic E-state index is -0.228. The molecule has 0 bridgehead atoms. The van der Waals surface area contributed by atoms with Crippen LogP contribution >= 0.6 is 15.9 Å². The van der Waals surface area contributed by atoms with Gasteiger partial charge in [-0.25, -0.2) is 0 Å². The van der Waals surface area contributed by atoms with Crippen molar-refractivity contribution in [3.05, 3.63) is 28.7 Å². The summed E-state index contributed by atoms with van der Waals surface area (Å²) >= 11 is 3.39. The Bertz CT molecular complexity index is 351. The van der Waals surface area contributed by atoms with E-state index in [9.17, 15) is 0 Å². The van der Waals surface area contributed by atoms with Gasteiger partial charge in [-0.15, -0.1) is 0 Å². The van der Waals surface area contributed by atoms with Gasteiger partial charge in [0.1, 0.15) is 18.1 Å². The van der Waals surface area contributed by atoms with Crippen LogP contribution in [0.4, 0.5) is 0 Å². The Labute approximate surface area is 104 Å². The predicted octanol–water partition coefficient (Wildman–Crippen LogP) is 2.55. The maximum Gasteiger partial charge on any atom is 0.119 e. The van der Waals surface area contributed by atoms with Crippen molar-refractivity contribution in [2.75, 3.05) is 13.2 Å². The third-order valence-electron chi connectivity index (χ3n) is 2.46. The second-order valence-electron chi connectivity index (χ2n) is 4.43. The molecular weight excluding hydrogens is 270 g/mol. The van der Waals surface area contributed by atoms with Crippen LogP contribution in [0, 0.1) is 0 Å². The molecule has 0 unspecified atom stereocenters. The van der Waals surface area contributed by atoms with Crippen molar-refractivity contribution < 1.29 is 9.47 Å². The largest absolute Gasteiger partial charge is 0.492 e. The quantitative estimate of drug-likeness (QED) is 0.926. The zero-order chi connectivity index (χ0) is 11.6. The summed E-state index contributed by atoms with van der Waals surface area (Å²) in [6.07, 6.45) is 0. The summed E-state index contributed by atoms with van der Waals surface area (Å²) in [4.78, 5) is 0. The van der Waals surface area contributed by atoms with Crippen LogP contribution in [0.2, 0.25) is 0 Å². The fraction of sp³-hybridized carbons (Fsp3) is 0.500. The summed E-state index contributed by atoms with van der Waals surface area (Å²) in [6.45, 7) is 5.37. The number of hydrogen-bond acceptors (Lipinski definition) is 3. The third kappa shape index (κ3) is 3.20. The van der Waals surface area contributed by atoms with Gasteiger partial charge in [-0.3, -0.25) is 5.32 Å². The van der Waals surface area contributed by atoms with E-state index in [1.165, 1.54) is 0 Å². The molecule has 2 rings (SSSR count). The molecule has 0 aromatic heterocycles. The highest BCUT2D eigenvalue weighted by atomic mass is 79.9. The average Bonchev–Trinajstić information content (AvgIpc) is 2.58. The minimum absolute atomic E-state index is 0.228. The monoisotopic (exact) mass is 285 g/mol. The summed E-state index contributed by atoms with van der Waals surface area (Å²) in [5, 5.41) is 3.36. The summed E-state index contributed by atoms with van der Waals surface area (Å²) in [5.41, 5.74) is -0.228. The Balaban J connectivity index is 1.82. The molecule has 1 aromatic carbocycles. The van der Waals surface area contributed by atoms with Crippen LogP contribution in [0.5, 0.6) is 5.75 Å². The van der Waals surface area contributed by atoms with Crippen LogP contribution in [-0.2, 0) is 4.74 Å². The SMILES string of the molecule is CC1(C)N[C@H](COc2ccc(Br)cc2)CO1. The highest BCUT2D eigenvalue weighted by Gasteiger charge is 2.30. The fourth-order valence-corrected chi connectivity index (χ4v) is 1.97. The van der Waals surface area contributed by atoms with Crippen molar-refractivity contribution in [3.8, 4) is 5.75 Å². The highest BCUT2D eigenvalue weighted by Crippen LogP contribution is 2.18. The molecule has 1 aliphatic heterocycles. The Morgan fingerprint density at radius 2 is 2.12 bits per heavy atom. The lowest BCUT2D eigenvalue weighted by Crippen LogP contribution is -2.41. The Morgan fingerprint density at radius 1 is 1.44 bits per heavy atom. The number of ether oxygens (including phenoxy) is 2. The topological polar surface area (TPSA) is 30.5 Å². The Hall–Kier alpha value is -0.580. The van der Waals surface area contributed by atoms with Crippen LogP contribution in [0.25, 0.3) is 0 Å². The highest BCUT2D eigenvalue weighted by molar-refractivity contribution is 9.10. The number of rotatable bonds is 3. The molecule has 0 saturated carbocycles. The van der Waals surface area contributed by atoms with Gasteiger partial charge in [-0.05, 0) is 38.1 Å². The minimum Gasteiger partial charge on any atom is -0.492 e. The van der Waals surface area contributed by atoms with E-state index >= 15 is 0 Å². The van der Waals surface area contributed by atoms with Gasteiger partial charge in [0, 0.05) is 4.47 Å².